The van der Waals surface area contributed by atoms with Gasteiger partial charge in [-0.3, -0.25) is 0 Å². The van der Waals surface area contributed by atoms with Gasteiger partial charge in [-0.05, 0) is 0 Å². The van der Waals surface area contributed by atoms with Gasteiger partial charge in [-0.1, -0.05) is 0 Å². The van der Waals surface area contributed by atoms with E-state index in [9.17, 15) is 14.9 Å². The molecule has 0 unspecified atom stereocenters. The van der Waals surface area contributed by atoms with E-state index >= 15 is 0 Å². The third kappa shape index (κ3) is 2.04. The van der Waals surface area contributed by atoms with Gasteiger partial charge in [0.1, 0.15) is 0 Å². The zero-order valence-corrected chi connectivity index (χ0v) is 10.5. The van der Waals surface area contributed by atoms with Crippen LogP contribution >= 0.6 is 21.2 Å². The number of hydrogen-bond acceptors (Lipinski definition) is 3. The van der Waals surface area contributed by atoms with Gasteiger partial charge in [0, 0.05) is 0 Å². The monoisotopic (exact) mass is 329 g/mol. The molecule has 1 aromatic carbocycles. The number of halogens is 1. The van der Waals surface area contributed by atoms with Crippen molar-refractivity contribution in [1.29, 1.82) is 0 Å². The molecule has 2 rings (SSSR count). The van der Waals surface area contributed by atoms with Crippen LogP contribution in [-0.4, -0.2) is 10.7 Å². The van der Waals surface area contributed by atoms with Gasteiger partial charge < -0.3 is 0 Å². The number of benzene rings is 1. The Hall–Kier alpha value is -1.50. The number of carbonyl (C=O) groups excluding carboxylic acids is 1. The van der Waals surface area contributed by atoms with Crippen molar-refractivity contribution in [1.82, 2.24) is 0 Å². The van der Waals surface area contributed by atoms with Gasteiger partial charge >= 0.3 is 102 Å². The fraction of sp³-hybridized carbons (Fsp3) is 0. The van der Waals surface area contributed by atoms with E-state index in [1.165, 1.54) is 6.08 Å². The van der Waals surface area contributed by atoms with E-state index in [1.807, 2.05) is 6.07 Å². The molecule has 1 heterocycles. The van der Waals surface area contributed by atoms with E-state index in [-0.39, 0.29) is 11.5 Å². The van der Waals surface area contributed by atoms with Gasteiger partial charge in [0.15, 0.2) is 0 Å². The van der Waals surface area contributed by atoms with Crippen molar-refractivity contribution in [3.8, 4) is 0 Å². The maximum absolute atomic E-state index is 12.0. The Labute approximate surface area is 102 Å². The summed E-state index contributed by atoms with van der Waals surface area (Å²) in [6, 6.07) is 8.67. The van der Waals surface area contributed by atoms with E-state index in [2.05, 4.69) is 0 Å². The molecule has 16 heavy (non-hydrogen) atoms. The first-order valence-electron chi connectivity index (χ1n) is 4.52. The van der Waals surface area contributed by atoms with Crippen molar-refractivity contribution >= 4 is 27.0 Å². The summed E-state index contributed by atoms with van der Waals surface area (Å²) in [5.41, 5.74) is 0.488. The van der Waals surface area contributed by atoms with Crippen LogP contribution in [0, 0.1) is 10.1 Å². The first-order valence-corrected chi connectivity index (χ1v) is 7.03. The van der Waals surface area contributed by atoms with Crippen LogP contribution < -0.4 is 0 Å². The Bertz CT molecular complexity index is 505. The van der Waals surface area contributed by atoms with Crippen molar-refractivity contribution < 1.29 is 9.72 Å². The molecule has 0 N–H and O–H groups in total. The van der Waals surface area contributed by atoms with Crippen LogP contribution in [0.5, 0.6) is 0 Å². The number of carbonyl (C=O) groups is 1. The van der Waals surface area contributed by atoms with E-state index in [0.29, 0.717) is 9.14 Å². The third-order valence-corrected chi connectivity index (χ3v) is 4.66. The molecule has 4 nitrogen and oxygen atoms in total. The molecule has 0 saturated heterocycles. The molecular weight excluding hydrogens is 321 g/mol. The standard InChI is InChI=1S/C11H8INO3/c14-11(8-4-2-1-3-5-8)10-9(13(15)16)6-7-12-10/h1-7,12H. The normalized spacial score (nSPS) is 14.8. The van der Waals surface area contributed by atoms with E-state index in [0.717, 1.165) is 0 Å². The van der Waals surface area contributed by atoms with Crippen LogP contribution in [-0.2, 0) is 0 Å². The maximum atomic E-state index is 12.0. The molecular formula is C11H8INO3. The summed E-state index contributed by atoms with van der Waals surface area (Å²) in [6.45, 7) is 0. The van der Waals surface area contributed by atoms with Crippen molar-refractivity contribution in [2.24, 2.45) is 0 Å². The molecule has 1 aliphatic heterocycles. The molecule has 1 aliphatic rings. The second kappa shape index (κ2) is 4.56. The van der Waals surface area contributed by atoms with Gasteiger partial charge in [0.05, 0.1) is 0 Å². The van der Waals surface area contributed by atoms with Crippen LogP contribution in [0.2, 0.25) is 0 Å². The number of hydrogen-bond donors (Lipinski definition) is 0. The summed E-state index contributed by atoms with van der Waals surface area (Å²) in [6.07, 6.45) is 1.44. The SMILES string of the molecule is O=C(C1=C([N+](=O)[O-])C=C[IH]1)c1ccccc1. The van der Waals surface area contributed by atoms with Crippen LogP contribution in [0.4, 0.5) is 0 Å². The molecule has 0 saturated carbocycles. The topological polar surface area (TPSA) is 60.2 Å². The molecule has 0 spiro atoms. The Balaban J connectivity index is 2.37. The number of Topliss-reactive ketones (excluding diaryl/α,β-unsaturated/α-hetero) is 1. The molecule has 0 radical (unpaired) electrons. The van der Waals surface area contributed by atoms with Crippen molar-refractivity contribution in [2.75, 3.05) is 0 Å². The van der Waals surface area contributed by atoms with E-state index in [1.54, 1.807) is 28.3 Å². The van der Waals surface area contributed by atoms with Crippen LogP contribution in [0.1, 0.15) is 10.4 Å². The molecule has 1 aromatic rings. The predicted octanol–water partition coefficient (Wildman–Crippen LogP) is 2.59. The van der Waals surface area contributed by atoms with Gasteiger partial charge in [-0.15, -0.1) is 0 Å². The summed E-state index contributed by atoms with van der Waals surface area (Å²) in [4.78, 5) is 22.2. The van der Waals surface area contributed by atoms with Gasteiger partial charge in [-0.25, -0.2) is 0 Å². The minimum absolute atomic E-state index is 0.0312. The fourth-order valence-electron chi connectivity index (χ4n) is 1.34. The summed E-state index contributed by atoms with van der Waals surface area (Å²) in [7, 11) is 0. The molecule has 0 bridgehead atoms. The average Bonchev–Trinajstić information content (AvgIpc) is 2.78. The molecule has 5 heteroatoms. The predicted molar refractivity (Wildman–Crippen MR) is 69.3 cm³/mol. The first kappa shape index (κ1) is 11.0. The van der Waals surface area contributed by atoms with E-state index in [4.69, 9.17) is 0 Å². The zero-order valence-electron chi connectivity index (χ0n) is 8.12. The van der Waals surface area contributed by atoms with E-state index < -0.39 is 26.1 Å². The number of nitro groups is 1. The molecule has 0 amide bonds. The van der Waals surface area contributed by atoms with Gasteiger partial charge in [0.25, 0.3) is 0 Å². The Morgan fingerprint density at radius 3 is 2.56 bits per heavy atom. The minimum atomic E-state index is -0.836. The summed E-state index contributed by atoms with van der Waals surface area (Å²) in [5.74, 6) is -0.209. The van der Waals surface area contributed by atoms with Crippen LogP contribution in [0.15, 0.2) is 49.8 Å². The van der Waals surface area contributed by atoms with Crippen LogP contribution in [0.25, 0.3) is 0 Å². The van der Waals surface area contributed by atoms with Crippen molar-refractivity contribution in [3.05, 3.63) is 65.4 Å². The number of rotatable bonds is 3. The Morgan fingerprint density at radius 1 is 1.25 bits per heavy atom. The number of allylic oxidation sites excluding steroid dienone is 2. The number of ketones is 1. The molecule has 0 aromatic heterocycles. The molecule has 82 valence electrons. The fourth-order valence-corrected chi connectivity index (χ4v) is 3.68. The summed E-state index contributed by atoms with van der Waals surface area (Å²) < 4.78 is 2.15. The Kier molecular flexibility index (Phi) is 3.14. The second-order valence-electron chi connectivity index (χ2n) is 3.09. The molecule has 0 aliphatic carbocycles. The first-order chi connectivity index (χ1) is 7.70. The van der Waals surface area contributed by atoms with Gasteiger partial charge in [0.2, 0.25) is 0 Å². The van der Waals surface area contributed by atoms with Crippen LogP contribution in [0.3, 0.4) is 0 Å². The average molecular weight is 329 g/mol. The van der Waals surface area contributed by atoms with Crippen molar-refractivity contribution in [3.63, 3.8) is 0 Å². The summed E-state index contributed by atoms with van der Waals surface area (Å²) in [5, 5.41) is 10.7. The molecule has 0 atom stereocenters. The Morgan fingerprint density at radius 2 is 1.94 bits per heavy atom. The van der Waals surface area contributed by atoms with Crippen molar-refractivity contribution in [2.45, 2.75) is 0 Å². The quantitative estimate of drug-likeness (QED) is 0.371. The third-order valence-electron chi connectivity index (χ3n) is 2.08. The van der Waals surface area contributed by atoms with Gasteiger partial charge in [-0.2, -0.15) is 0 Å². The summed E-state index contributed by atoms with van der Waals surface area (Å²) >= 11 is -0.836. The number of nitrogens with zero attached hydrogens (tertiary/aromatic N) is 1. The molecule has 0 fully saturated rings. The zero-order chi connectivity index (χ0) is 11.5. The second-order valence-corrected chi connectivity index (χ2v) is 5.70.